The zero-order valence-electron chi connectivity index (χ0n) is 28.2. The largest absolute Gasteiger partial charge is 0.444 e. The van der Waals surface area contributed by atoms with E-state index in [9.17, 15) is 19.6 Å². The van der Waals surface area contributed by atoms with Crippen molar-refractivity contribution in [3.8, 4) is 28.6 Å². The van der Waals surface area contributed by atoms with E-state index in [1.54, 1.807) is 30.3 Å². The molecule has 5 rings (SSSR count). The van der Waals surface area contributed by atoms with Gasteiger partial charge in [-0.1, -0.05) is 30.3 Å². The number of ether oxygens (including phenoxy) is 1. The number of aromatic amines is 1. The normalized spacial score (nSPS) is 16.6. The summed E-state index contributed by atoms with van der Waals surface area (Å²) in [5.41, 5.74) is 5.26. The van der Waals surface area contributed by atoms with Gasteiger partial charge in [0.25, 0.3) is 0 Å². The number of H-pyrrole nitrogens is 1. The fourth-order valence-corrected chi connectivity index (χ4v) is 6.00. The Labute approximate surface area is 286 Å². The molecule has 0 aliphatic heterocycles. The Morgan fingerprint density at radius 3 is 2.29 bits per heavy atom. The van der Waals surface area contributed by atoms with Gasteiger partial charge in [0, 0.05) is 30.1 Å². The summed E-state index contributed by atoms with van der Waals surface area (Å²) in [4.78, 5) is 39.3. The molecule has 4 aromatic rings. The molecule has 12 heteroatoms. The summed E-state index contributed by atoms with van der Waals surface area (Å²) in [6.07, 6.45) is 2.75. The Bertz CT molecular complexity index is 1780. The van der Waals surface area contributed by atoms with E-state index < -0.39 is 17.7 Å². The Morgan fingerprint density at radius 1 is 0.980 bits per heavy atom. The van der Waals surface area contributed by atoms with Crippen molar-refractivity contribution in [2.75, 3.05) is 11.9 Å². The summed E-state index contributed by atoms with van der Waals surface area (Å²) in [5.74, 6) is -0.0229. The summed E-state index contributed by atoms with van der Waals surface area (Å²) in [5, 5.41) is 32.0. The van der Waals surface area contributed by atoms with Crippen LogP contribution >= 0.6 is 0 Å². The van der Waals surface area contributed by atoms with Gasteiger partial charge in [-0.15, -0.1) is 10.2 Å². The predicted molar refractivity (Wildman–Crippen MR) is 185 cm³/mol. The third kappa shape index (κ3) is 9.73. The molecular formula is C37H42N8O4. The van der Waals surface area contributed by atoms with Gasteiger partial charge in [0.2, 0.25) is 17.6 Å². The smallest absolute Gasteiger partial charge is 0.407 e. The number of nitrogens with zero attached hydrogens (tertiary/aromatic N) is 4. The van der Waals surface area contributed by atoms with Crippen LogP contribution in [-0.4, -0.2) is 56.7 Å². The van der Waals surface area contributed by atoms with E-state index >= 15 is 0 Å². The van der Waals surface area contributed by atoms with Gasteiger partial charge < -0.3 is 20.7 Å². The Morgan fingerprint density at radius 2 is 1.67 bits per heavy atom. The molecule has 0 saturated heterocycles. The van der Waals surface area contributed by atoms with Crippen molar-refractivity contribution in [2.24, 2.45) is 11.8 Å². The van der Waals surface area contributed by atoms with Crippen LogP contribution in [0.2, 0.25) is 0 Å². The first-order valence-corrected chi connectivity index (χ1v) is 16.5. The van der Waals surface area contributed by atoms with Crippen molar-refractivity contribution in [1.29, 1.82) is 5.26 Å². The molecule has 1 aliphatic rings. The van der Waals surface area contributed by atoms with Crippen molar-refractivity contribution in [1.82, 2.24) is 31.3 Å². The van der Waals surface area contributed by atoms with Crippen molar-refractivity contribution in [3.63, 3.8) is 0 Å². The molecule has 0 spiro atoms. The second kappa shape index (κ2) is 15.6. The molecule has 0 unspecified atom stereocenters. The molecule has 49 heavy (non-hydrogen) atoms. The van der Waals surface area contributed by atoms with Crippen LogP contribution in [0.1, 0.15) is 63.1 Å². The summed E-state index contributed by atoms with van der Waals surface area (Å²) >= 11 is 0. The minimum Gasteiger partial charge on any atom is -0.444 e. The number of aromatic nitrogens is 4. The number of carbonyl (C=O) groups excluding carboxylic acids is 3. The van der Waals surface area contributed by atoms with Gasteiger partial charge in [0.05, 0.1) is 11.6 Å². The van der Waals surface area contributed by atoms with Crippen LogP contribution in [0.25, 0.3) is 22.5 Å². The molecular weight excluding hydrogens is 620 g/mol. The first-order chi connectivity index (χ1) is 23.5. The van der Waals surface area contributed by atoms with Crippen molar-refractivity contribution < 1.29 is 19.1 Å². The summed E-state index contributed by atoms with van der Waals surface area (Å²) < 4.78 is 5.34. The number of amides is 3. The molecule has 1 fully saturated rings. The molecule has 4 N–H and O–H groups in total. The highest BCUT2D eigenvalue weighted by Crippen LogP contribution is 2.29. The van der Waals surface area contributed by atoms with E-state index in [4.69, 9.17) is 4.74 Å². The minimum atomic E-state index is -0.821. The van der Waals surface area contributed by atoms with Crippen molar-refractivity contribution in [3.05, 3.63) is 83.4 Å². The number of tetrazole rings is 1. The quantitative estimate of drug-likeness (QED) is 0.167. The number of nitrogens with one attached hydrogen (secondary N) is 4. The molecule has 1 aromatic heterocycles. The van der Waals surface area contributed by atoms with Crippen molar-refractivity contribution >= 4 is 23.6 Å². The third-order valence-electron chi connectivity index (χ3n) is 8.60. The second-order valence-electron chi connectivity index (χ2n) is 13.5. The molecule has 1 heterocycles. The number of hydrogen-bond acceptors (Lipinski definition) is 8. The van der Waals surface area contributed by atoms with E-state index in [-0.39, 0.29) is 23.7 Å². The maximum Gasteiger partial charge on any atom is 0.407 e. The van der Waals surface area contributed by atoms with E-state index in [0.29, 0.717) is 42.9 Å². The molecule has 3 amide bonds. The molecule has 0 radical (unpaired) electrons. The SMILES string of the molecule is Cc1cc(C#N)ccc1-c1ccc(C[C@H](NC(=O)[C@H]2CC[C@H](CNC(=O)OC(C)(C)C)CC2)C(=O)Nc2ccc(-c3nn[nH]n3)cc2)cc1. The van der Waals surface area contributed by atoms with Crippen molar-refractivity contribution in [2.45, 2.75) is 71.4 Å². The van der Waals surface area contributed by atoms with Gasteiger partial charge in [0.1, 0.15) is 11.6 Å². The lowest BCUT2D eigenvalue weighted by atomic mass is 9.81. The van der Waals surface area contributed by atoms with Crippen LogP contribution in [0.3, 0.4) is 0 Å². The van der Waals surface area contributed by atoms with Crippen LogP contribution < -0.4 is 16.0 Å². The fourth-order valence-electron chi connectivity index (χ4n) is 6.00. The van der Waals surface area contributed by atoms with E-state index in [2.05, 4.69) is 42.6 Å². The molecule has 3 aromatic carbocycles. The van der Waals surface area contributed by atoms with Gasteiger partial charge >= 0.3 is 6.09 Å². The van der Waals surface area contributed by atoms with Crippen LogP contribution in [0.4, 0.5) is 10.5 Å². The lowest BCUT2D eigenvalue weighted by Crippen LogP contribution is -2.48. The number of aryl methyl sites for hydroxylation is 1. The standard InChI is InChI=1S/C37H42N8O4/c1-23-19-26(21-38)9-18-31(23)27-10-5-24(6-11-27)20-32(35(47)40-30-16-14-28(15-17-30)33-42-44-45-43-33)41-34(46)29-12-7-25(8-13-29)22-39-36(48)49-37(2,3)4/h5-6,9-11,14-19,25,29,32H,7-8,12-13,20,22H2,1-4H3,(H,39,48)(H,40,47)(H,41,46)(H,42,43,44,45)/t25-,29-,32-/m0/s1. The first kappa shape index (κ1) is 34.8. The summed E-state index contributed by atoms with van der Waals surface area (Å²) in [7, 11) is 0. The Hall–Kier alpha value is -5.57. The second-order valence-corrected chi connectivity index (χ2v) is 13.5. The Balaban J connectivity index is 1.24. The topological polar surface area (TPSA) is 175 Å². The molecule has 0 bridgehead atoms. The highest BCUT2D eigenvalue weighted by atomic mass is 16.6. The molecule has 1 saturated carbocycles. The average molecular weight is 663 g/mol. The van der Waals surface area contributed by atoms with Gasteiger partial charge in [-0.05, 0) is 123 Å². The predicted octanol–water partition coefficient (Wildman–Crippen LogP) is 5.71. The average Bonchev–Trinajstić information content (AvgIpc) is 3.62. The molecule has 254 valence electrons. The number of carbonyl (C=O) groups is 3. The van der Waals surface area contributed by atoms with E-state index in [1.807, 2.05) is 64.1 Å². The number of alkyl carbamates (subject to hydrolysis) is 1. The summed E-state index contributed by atoms with van der Waals surface area (Å²) in [6, 6.07) is 21.9. The third-order valence-corrected chi connectivity index (χ3v) is 8.60. The number of hydrogen-bond donors (Lipinski definition) is 4. The van der Waals surface area contributed by atoms with Gasteiger partial charge in [-0.3, -0.25) is 9.59 Å². The van der Waals surface area contributed by atoms with Gasteiger partial charge in [-0.2, -0.15) is 10.5 Å². The molecule has 12 nitrogen and oxygen atoms in total. The zero-order chi connectivity index (χ0) is 35.0. The van der Waals surface area contributed by atoms with E-state index in [0.717, 1.165) is 40.7 Å². The first-order valence-electron chi connectivity index (χ1n) is 16.5. The highest BCUT2D eigenvalue weighted by Gasteiger charge is 2.30. The minimum absolute atomic E-state index is 0.156. The maximum absolute atomic E-state index is 13.7. The zero-order valence-corrected chi connectivity index (χ0v) is 28.2. The number of anilines is 1. The van der Waals surface area contributed by atoms with Crippen LogP contribution in [-0.2, 0) is 20.7 Å². The van der Waals surface area contributed by atoms with Crippen LogP contribution in [0.5, 0.6) is 0 Å². The van der Waals surface area contributed by atoms with E-state index in [1.165, 1.54) is 0 Å². The monoisotopic (exact) mass is 662 g/mol. The van der Waals surface area contributed by atoms with Gasteiger partial charge in [0.15, 0.2) is 0 Å². The van der Waals surface area contributed by atoms with Crippen LogP contribution in [0.15, 0.2) is 66.7 Å². The Kier molecular flexibility index (Phi) is 11.0. The molecule has 1 aliphatic carbocycles. The van der Waals surface area contributed by atoms with Gasteiger partial charge in [-0.25, -0.2) is 4.79 Å². The number of nitriles is 1. The van der Waals surface area contributed by atoms with Crippen LogP contribution in [0, 0.1) is 30.1 Å². The summed E-state index contributed by atoms with van der Waals surface area (Å²) in [6.45, 7) is 7.94. The lowest BCUT2D eigenvalue weighted by Gasteiger charge is -2.29. The molecule has 1 atom stereocenters. The maximum atomic E-state index is 13.7. The number of rotatable bonds is 10. The highest BCUT2D eigenvalue weighted by molar-refractivity contribution is 5.97. The number of benzene rings is 3. The fraction of sp³-hybridized carbons (Fsp3) is 0.378. The lowest BCUT2D eigenvalue weighted by molar-refractivity contribution is -0.130.